The van der Waals surface area contributed by atoms with Crippen molar-refractivity contribution in [2.45, 2.75) is 53.1 Å². The number of benzene rings is 1. The number of hydrogen-bond acceptors (Lipinski definition) is 4. The van der Waals surface area contributed by atoms with Crippen LogP contribution in [0.5, 0.6) is 0 Å². The summed E-state index contributed by atoms with van der Waals surface area (Å²) >= 11 is 0. The predicted octanol–water partition coefficient (Wildman–Crippen LogP) is 1.72. The average molecular weight is 415 g/mol. The Balaban J connectivity index is 1.71. The van der Waals surface area contributed by atoms with Gasteiger partial charge in [-0.25, -0.2) is 0 Å². The standard InChI is InChI=1S/C22H30N4O4/c1-5-26-18-7-6-16(12-17(18)24-20(28)22(26)30)21(29)25-10-8-15(9-11-25)19(27)23-14(4)13(2)3/h6-7,12-15H,5,8-11H2,1-4H3,(H,23,27)(H,24,28). The van der Waals surface area contributed by atoms with E-state index in [1.165, 1.54) is 4.57 Å². The zero-order valence-electron chi connectivity index (χ0n) is 18.0. The second-order valence-electron chi connectivity index (χ2n) is 8.34. The van der Waals surface area contributed by atoms with Gasteiger partial charge in [-0.3, -0.25) is 19.2 Å². The van der Waals surface area contributed by atoms with Crippen molar-refractivity contribution in [2.24, 2.45) is 11.8 Å². The van der Waals surface area contributed by atoms with Crippen LogP contribution in [0.1, 0.15) is 50.9 Å². The molecule has 1 aromatic carbocycles. The van der Waals surface area contributed by atoms with Gasteiger partial charge in [0.2, 0.25) is 5.91 Å². The van der Waals surface area contributed by atoms with Gasteiger partial charge in [-0.15, -0.1) is 0 Å². The fourth-order valence-corrected chi connectivity index (χ4v) is 3.76. The molecular weight excluding hydrogens is 384 g/mol. The number of aryl methyl sites for hydroxylation is 1. The molecule has 2 aromatic rings. The summed E-state index contributed by atoms with van der Waals surface area (Å²) in [5, 5.41) is 3.06. The molecule has 1 unspecified atom stereocenters. The van der Waals surface area contributed by atoms with Gasteiger partial charge in [0.1, 0.15) is 0 Å². The number of carbonyl (C=O) groups is 2. The first-order valence-corrected chi connectivity index (χ1v) is 10.6. The topological polar surface area (TPSA) is 104 Å². The van der Waals surface area contributed by atoms with Crippen LogP contribution in [0.25, 0.3) is 11.0 Å². The van der Waals surface area contributed by atoms with Crippen LogP contribution in [0, 0.1) is 11.8 Å². The normalized spacial score (nSPS) is 16.1. The highest BCUT2D eigenvalue weighted by molar-refractivity contribution is 5.97. The lowest BCUT2D eigenvalue weighted by molar-refractivity contribution is -0.127. The minimum Gasteiger partial charge on any atom is -0.353 e. The molecule has 0 bridgehead atoms. The van der Waals surface area contributed by atoms with Gasteiger partial charge in [-0.05, 0) is 50.8 Å². The Morgan fingerprint density at radius 3 is 2.43 bits per heavy atom. The van der Waals surface area contributed by atoms with E-state index in [0.29, 0.717) is 55.0 Å². The summed E-state index contributed by atoms with van der Waals surface area (Å²) in [7, 11) is 0. The third kappa shape index (κ3) is 4.32. The summed E-state index contributed by atoms with van der Waals surface area (Å²) in [4.78, 5) is 53.6. The molecule has 0 aliphatic carbocycles. The fourth-order valence-electron chi connectivity index (χ4n) is 3.76. The summed E-state index contributed by atoms with van der Waals surface area (Å²) < 4.78 is 1.39. The summed E-state index contributed by atoms with van der Waals surface area (Å²) in [6, 6.07) is 5.11. The van der Waals surface area contributed by atoms with Gasteiger partial charge in [0.05, 0.1) is 11.0 Å². The molecule has 162 valence electrons. The number of aromatic nitrogens is 2. The molecule has 1 aliphatic heterocycles. The number of nitrogens with zero attached hydrogens (tertiary/aromatic N) is 2. The molecule has 1 atom stereocenters. The van der Waals surface area contributed by atoms with Crippen molar-refractivity contribution in [1.82, 2.24) is 19.8 Å². The maximum atomic E-state index is 13.0. The molecule has 2 N–H and O–H groups in total. The van der Waals surface area contributed by atoms with Crippen LogP contribution in [0.2, 0.25) is 0 Å². The van der Waals surface area contributed by atoms with Crippen molar-refractivity contribution in [3.63, 3.8) is 0 Å². The Morgan fingerprint density at radius 1 is 1.17 bits per heavy atom. The lowest BCUT2D eigenvalue weighted by Crippen LogP contribution is -2.45. The van der Waals surface area contributed by atoms with Crippen molar-refractivity contribution in [3.8, 4) is 0 Å². The van der Waals surface area contributed by atoms with Crippen molar-refractivity contribution in [1.29, 1.82) is 0 Å². The van der Waals surface area contributed by atoms with Gasteiger partial charge in [0.15, 0.2) is 0 Å². The van der Waals surface area contributed by atoms with Crippen molar-refractivity contribution in [3.05, 3.63) is 44.5 Å². The molecule has 1 aliphatic rings. The van der Waals surface area contributed by atoms with Crippen molar-refractivity contribution in [2.75, 3.05) is 13.1 Å². The summed E-state index contributed by atoms with van der Waals surface area (Å²) in [6.45, 7) is 9.33. The molecule has 1 aromatic heterocycles. The van der Waals surface area contributed by atoms with Crippen molar-refractivity contribution < 1.29 is 9.59 Å². The van der Waals surface area contributed by atoms with Gasteiger partial charge in [-0.1, -0.05) is 13.8 Å². The van der Waals surface area contributed by atoms with E-state index in [2.05, 4.69) is 24.1 Å². The van der Waals surface area contributed by atoms with E-state index >= 15 is 0 Å². The van der Waals surface area contributed by atoms with Gasteiger partial charge in [0, 0.05) is 37.2 Å². The molecule has 8 heteroatoms. The van der Waals surface area contributed by atoms with E-state index in [1.54, 1.807) is 30.0 Å². The van der Waals surface area contributed by atoms with Crippen LogP contribution in [0.15, 0.2) is 27.8 Å². The Kier molecular flexibility index (Phi) is 6.43. The molecular formula is C22H30N4O4. The van der Waals surface area contributed by atoms with Gasteiger partial charge >= 0.3 is 11.1 Å². The molecule has 30 heavy (non-hydrogen) atoms. The van der Waals surface area contributed by atoms with Crippen LogP contribution in [-0.2, 0) is 11.3 Å². The first kappa shape index (κ1) is 21.8. The predicted molar refractivity (Wildman–Crippen MR) is 116 cm³/mol. The fraction of sp³-hybridized carbons (Fsp3) is 0.545. The second-order valence-corrected chi connectivity index (χ2v) is 8.34. The van der Waals surface area contributed by atoms with Gasteiger partial charge < -0.3 is 19.8 Å². The smallest absolute Gasteiger partial charge is 0.316 e. The first-order valence-electron chi connectivity index (χ1n) is 10.6. The number of aromatic amines is 1. The van der Waals surface area contributed by atoms with Crippen LogP contribution in [0.4, 0.5) is 0 Å². The molecule has 3 rings (SSSR count). The molecule has 1 fully saturated rings. The molecule has 0 radical (unpaired) electrons. The quantitative estimate of drug-likeness (QED) is 0.727. The summed E-state index contributed by atoms with van der Waals surface area (Å²) in [5.41, 5.74) is 0.209. The minimum atomic E-state index is -0.698. The van der Waals surface area contributed by atoms with E-state index in [1.807, 2.05) is 6.92 Å². The number of nitrogens with one attached hydrogen (secondary N) is 2. The van der Waals surface area contributed by atoms with E-state index in [4.69, 9.17) is 0 Å². The van der Waals surface area contributed by atoms with E-state index < -0.39 is 11.1 Å². The molecule has 0 saturated carbocycles. The van der Waals surface area contributed by atoms with E-state index in [9.17, 15) is 19.2 Å². The number of H-pyrrole nitrogens is 1. The average Bonchev–Trinajstić information content (AvgIpc) is 2.73. The third-order valence-corrected chi connectivity index (χ3v) is 6.06. The first-order chi connectivity index (χ1) is 14.2. The SMILES string of the molecule is CCn1c(=O)c(=O)[nH]c2cc(C(=O)N3CCC(C(=O)NC(C)C(C)C)CC3)ccc21. The highest BCUT2D eigenvalue weighted by Crippen LogP contribution is 2.21. The van der Waals surface area contributed by atoms with Gasteiger partial charge in [0.25, 0.3) is 5.91 Å². The van der Waals surface area contributed by atoms with Crippen LogP contribution < -0.4 is 16.4 Å². The second kappa shape index (κ2) is 8.85. The number of amides is 2. The lowest BCUT2D eigenvalue weighted by Gasteiger charge is -2.32. The number of carbonyl (C=O) groups excluding carboxylic acids is 2. The maximum Gasteiger partial charge on any atom is 0.316 e. The lowest BCUT2D eigenvalue weighted by atomic mass is 9.94. The summed E-state index contributed by atoms with van der Waals surface area (Å²) in [6.07, 6.45) is 1.25. The van der Waals surface area contributed by atoms with Crippen LogP contribution in [0.3, 0.4) is 0 Å². The Morgan fingerprint density at radius 2 is 1.83 bits per heavy atom. The monoisotopic (exact) mass is 414 g/mol. The maximum absolute atomic E-state index is 13.0. The van der Waals surface area contributed by atoms with Crippen LogP contribution >= 0.6 is 0 Å². The Labute approximate surface area is 175 Å². The summed E-state index contributed by atoms with van der Waals surface area (Å²) in [5.74, 6) is 0.215. The number of fused-ring (bicyclic) bond motifs is 1. The highest BCUT2D eigenvalue weighted by atomic mass is 16.2. The molecule has 2 amide bonds. The van der Waals surface area contributed by atoms with Crippen LogP contribution in [-0.4, -0.2) is 45.4 Å². The van der Waals surface area contributed by atoms with E-state index in [-0.39, 0.29) is 23.8 Å². The number of hydrogen-bond donors (Lipinski definition) is 2. The third-order valence-electron chi connectivity index (χ3n) is 6.06. The number of likely N-dealkylation sites (tertiary alicyclic amines) is 1. The molecule has 2 heterocycles. The molecule has 1 saturated heterocycles. The van der Waals surface area contributed by atoms with Gasteiger partial charge in [-0.2, -0.15) is 0 Å². The zero-order chi connectivity index (χ0) is 22.0. The number of piperidine rings is 1. The highest BCUT2D eigenvalue weighted by Gasteiger charge is 2.29. The molecule has 8 nitrogen and oxygen atoms in total. The van der Waals surface area contributed by atoms with Crippen molar-refractivity contribution >= 4 is 22.8 Å². The number of rotatable bonds is 5. The molecule has 0 spiro atoms. The zero-order valence-corrected chi connectivity index (χ0v) is 18.0. The minimum absolute atomic E-state index is 0.0594. The largest absolute Gasteiger partial charge is 0.353 e. The Bertz CT molecular complexity index is 1060. The van der Waals surface area contributed by atoms with E-state index in [0.717, 1.165) is 0 Å². The Hall–Kier alpha value is -2.90.